The lowest BCUT2D eigenvalue weighted by atomic mass is 10.1. The summed E-state index contributed by atoms with van der Waals surface area (Å²) in [4.78, 5) is 16.5. The highest BCUT2D eigenvalue weighted by Crippen LogP contribution is 2.23. The third-order valence-corrected chi connectivity index (χ3v) is 5.61. The summed E-state index contributed by atoms with van der Waals surface area (Å²) in [5, 5.41) is 5.77. The van der Waals surface area contributed by atoms with Crippen LogP contribution >= 0.6 is 0 Å². The largest absolute Gasteiger partial charge is 0.373 e. The van der Waals surface area contributed by atoms with Crippen molar-refractivity contribution in [2.45, 2.75) is 19.5 Å². The fraction of sp³-hybridized carbons (Fsp3) is 0.292. The molecular weight excluding hydrogens is 346 g/mol. The molecule has 0 unspecified atom stereocenters. The average molecular weight is 375 g/mol. The molecule has 144 valence electrons. The van der Waals surface area contributed by atoms with Gasteiger partial charge in [0.05, 0.1) is 26.2 Å². The first-order chi connectivity index (χ1) is 13.7. The minimum absolute atomic E-state index is 0.187. The van der Waals surface area contributed by atoms with Crippen molar-refractivity contribution >= 4 is 22.4 Å². The van der Waals surface area contributed by atoms with E-state index in [2.05, 4.69) is 53.8 Å². The number of carbonyl (C=O) groups is 1. The van der Waals surface area contributed by atoms with Crippen molar-refractivity contribution in [1.29, 1.82) is 0 Å². The van der Waals surface area contributed by atoms with E-state index in [-0.39, 0.29) is 11.9 Å². The standard InChI is InChI=1S/C24H27N3O/c1-19(25-23-13-7-11-21-10-5-6-12-22(21)23)24(28)27-16-14-26(15-17-27)18-20-8-3-2-4-9-20/h2-13,19,25H,14-18H2,1H3/p+1/t19-/m0/s1. The fourth-order valence-corrected chi connectivity index (χ4v) is 4.02. The van der Waals surface area contributed by atoms with E-state index >= 15 is 0 Å². The first-order valence-electron chi connectivity index (χ1n) is 10.1. The van der Waals surface area contributed by atoms with Gasteiger partial charge in [-0.05, 0) is 18.4 Å². The van der Waals surface area contributed by atoms with Gasteiger partial charge in [-0.25, -0.2) is 0 Å². The molecule has 0 aromatic heterocycles. The zero-order chi connectivity index (χ0) is 19.3. The Morgan fingerprint density at radius 2 is 1.64 bits per heavy atom. The number of amides is 1. The van der Waals surface area contributed by atoms with E-state index in [1.54, 1.807) is 4.90 Å². The average Bonchev–Trinajstić information content (AvgIpc) is 2.75. The number of rotatable bonds is 5. The lowest BCUT2D eigenvalue weighted by Gasteiger charge is -2.34. The molecule has 4 heteroatoms. The molecule has 1 amide bonds. The Balaban J connectivity index is 1.34. The molecule has 4 rings (SSSR count). The molecule has 1 heterocycles. The van der Waals surface area contributed by atoms with Crippen LogP contribution in [0.25, 0.3) is 10.8 Å². The van der Waals surface area contributed by atoms with Gasteiger partial charge < -0.3 is 15.1 Å². The number of nitrogens with zero attached hydrogens (tertiary/aromatic N) is 1. The number of quaternary nitrogens is 1. The number of piperazine rings is 1. The van der Waals surface area contributed by atoms with Crippen molar-refractivity contribution in [2.75, 3.05) is 31.5 Å². The van der Waals surface area contributed by atoms with E-state index < -0.39 is 0 Å². The maximum absolute atomic E-state index is 13.0. The molecule has 3 aromatic rings. The van der Waals surface area contributed by atoms with Crippen molar-refractivity contribution < 1.29 is 9.69 Å². The molecule has 1 atom stereocenters. The maximum Gasteiger partial charge on any atom is 0.245 e. The predicted molar refractivity (Wildman–Crippen MR) is 114 cm³/mol. The predicted octanol–water partition coefficient (Wildman–Crippen LogP) is 2.57. The summed E-state index contributed by atoms with van der Waals surface area (Å²) in [7, 11) is 0. The molecule has 0 bridgehead atoms. The van der Waals surface area contributed by atoms with Gasteiger partial charge in [0.1, 0.15) is 12.6 Å². The summed E-state index contributed by atoms with van der Waals surface area (Å²) in [6.07, 6.45) is 0. The third kappa shape index (κ3) is 4.18. The van der Waals surface area contributed by atoms with Crippen LogP contribution in [-0.4, -0.2) is 43.0 Å². The van der Waals surface area contributed by atoms with E-state index in [4.69, 9.17) is 0 Å². The van der Waals surface area contributed by atoms with Crippen LogP contribution < -0.4 is 10.2 Å². The highest BCUT2D eigenvalue weighted by atomic mass is 16.2. The van der Waals surface area contributed by atoms with E-state index in [9.17, 15) is 4.79 Å². The van der Waals surface area contributed by atoms with Crippen LogP contribution in [0.5, 0.6) is 0 Å². The minimum Gasteiger partial charge on any atom is -0.373 e. The second-order valence-electron chi connectivity index (χ2n) is 7.63. The number of nitrogens with one attached hydrogen (secondary N) is 2. The summed E-state index contributed by atoms with van der Waals surface area (Å²) in [5.74, 6) is 0.187. The Hall–Kier alpha value is -2.85. The van der Waals surface area contributed by atoms with E-state index in [0.29, 0.717) is 0 Å². The van der Waals surface area contributed by atoms with Crippen molar-refractivity contribution in [3.63, 3.8) is 0 Å². The highest BCUT2D eigenvalue weighted by Gasteiger charge is 2.27. The molecule has 0 saturated carbocycles. The molecule has 1 saturated heterocycles. The van der Waals surface area contributed by atoms with E-state index in [0.717, 1.165) is 43.8 Å². The SMILES string of the molecule is C[C@H](Nc1cccc2ccccc12)C(=O)N1CC[NH+](Cc2ccccc2)CC1. The molecule has 28 heavy (non-hydrogen) atoms. The van der Waals surface area contributed by atoms with Crippen LogP contribution in [0.15, 0.2) is 72.8 Å². The Labute approximate surface area is 166 Å². The Morgan fingerprint density at radius 1 is 0.964 bits per heavy atom. The van der Waals surface area contributed by atoms with Gasteiger partial charge in [-0.15, -0.1) is 0 Å². The lowest BCUT2D eigenvalue weighted by Crippen LogP contribution is -3.13. The molecule has 3 aromatic carbocycles. The molecule has 2 N–H and O–H groups in total. The summed E-state index contributed by atoms with van der Waals surface area (Å²) < 4.78 is 0. The smallest absolute Gasteiger partial charge is 0.245 e. The van der Waals surface area contributed by atoms with Crippen molar-refractivity contribution in [3.05, 3.63) is 78.4 Å². The van der Waals surface area contributed by atoms with Crippen LogP contribution in [0.1, 0.15) is 12.5 Å². The molecule has 0 aliphatic carbocycles. The third-order valence-electron chi connectivity index (χ3n) is 5.61. The van der Waals surface area contributed by atoms with Gasteiger partial charge in [-0.1, -0.05) is 66.7 Å². The first kappa shape index (κ1) is 18.5. The summed E-state index contributed by atoms with van der Waals surface area (Å²) in [5.41, 5.74) is 2.38. The van der Waals surface area contributed by atoms with Crippen LogP contribution in [0, 0.1) is 0 Å². The summed E-state index contributed by atoms with van der Waals surface area (Å²) >= 11 is 0. The summed E-state index contributed by atoms with van der Waals surface area (Å²) in [6.45, 7) is 6.65. The minimum atomic E-state index is -0.235. The van der Waals surface area contributed by atoms with Crippen LogP contribution in [-0.2, 0) is 11.3 Å². The monoisotopic (exact) mass is 374 g/mol. The van der Waals surface area contributed by atoms with Crippen molar-refractivity contribution in [1.82, 2.24) is 4.90 Å². The lowest BCUT2D eigenvalue weighted by molar-refractivity contribution is -0.917. The number of carbonyl (C=O) groups excluding carboxylic acids is 1. The Morgan fingerprint density at radius 3 is 2.43 bits per heavy atom. The van der Waals surface area contributed by atoms with E-state index in [1.807, 2.05) is 36.1 Å². The zero-order valence-corrected chi connectivity index (χ0v) is 16.4. The topological polar surface area (TPSA) is 36.8 Å². The molecule has 0 radical (unpaired) electrons. The summed E-state index contributed by atoms with van der Waals surface area (Å²) in [6, 6.07) is 24.8. The van der Waals surface area contributed by atoms with Crippen LogP contribution in [0.4, 0.5) is 5.69 Å². The molecule has 1 aliphatic rings. The van der Waals surface area contributed by atoms with Crippen molar-refractivity contribution in [2.24, 2.45) is 0 Å². The molecule has 1 aliphatic heterocycles. The van der Waals surface area contributed by atoms with Gasteiger partial charge in [-0.3, -0.25) is 4.79 Å². The molecule has 1 fully saturated rings. The maximum atomic E-state index is 13.0. The number of hydrogen-bond acceptors (Lipinski definition) is 2. The Bertz CT molecular complexity index is 927. The molecular formula is C24H28N3O+. The molecule has 4 nitrogen and oxygen atoms in total. The number of fused-ring (bicyclic) bond motifs is 1. The van der Waals surface area contributed by atoms with Crippen LogP contribution in [0.2, 0.25) is 0 Å². The second kappa shape index (κ2) is 8.44. The molecule has 0 spiro atoms. The van der Waals surface area contributed by atoms with Gasteiger partial charge in [0.25, 0.3) is 0 Å². The van der Waals surface area contributed by atoms with Gasteiger partial charge in [0.2, 0.25) is 5.91 Å². The number of benzene rings is 3. The van der Waals surface area contributed by atoms with E-state index in [1.165, 1.54) is 10.9 Å². The van der Waals surface area contributed by atoms with Gasteiger partial charge >= 0.3 is 0 Å². The number of anilines is 1. The fourth-order valence-electron chi connectivity index (χ4n) is 4.02. The van der Waals surface area contributed by atoms with Gasteiger partial charge in [0, 0.05) is 16.6 Å². The quantitative estimate of drug-likeness (QED) is 0.720. The van der Waals surface area contributed by atoms with Crippen molar-refractivity contribution in [3.8, 4) is 0 Å². The van der Waals surface area contributed by atoms with Crippen LogP contribution in [0.3, 0.4) is 0 Å². The van der Waals surface area contributed by atoms with Gasteiger partial charge in [0.15, 0.2) is 0 Å². The second-order valence-corrected chi connectivity index (χ2v) is 7.63. The normalized spacial score (nSPS) is 16.1. The Kier molecular flexibility index (Phi) is 5.58. The zero-order valence-electron chi connectivity index (χ0n) is 16.4. The number of hydrogen-bond donors (Lipinski definition) is 2. The van der Waals surface area contributed by atoms with Gasteiger partial charge in [-0.2, -0.15) is 0 Å². The highest BCUT2D eigenvalue weighted by molar-refractivity contribution is 5.95. The first-order valence-corrected chi connectivity index (χ1v) is 10.1.